The van der Waals surface area contributed by atoms with Gasteiger partial charge in [0.25, 0.3) is 0 Å². The van der Waals surface area contributed by atoms with E-state index >= 15 is 0 Å². The van der Waals surface area contributed by atoms with Gasteiger partial charge in [0.2, 0.25) is 0 Å². The monoisotopic (exact) mass is 310 g/mol. The van der Waals surface area contributed by atoms with Gasteiger partial charge in [0, 0.05) is 6.21 Å². The summed E-state index contributed by atoms with van der Waals surface area (Å²) in [7, 11) is 2.36. The molecule has 0 saturated carbocycles. The van der Waals surface area contributed by atoms with Crippen molar-refractivity contribution in [3.63, 3.8) is 0 Å². The zero-order chi connectivity index (χ0) is 16.6. The van der Waals surface area contributed by atoms with Gasteiger partial charge in [0.05, 0.1) is 25.5 Å². The van der Waals surface area contributed by atoms with Crippen LogP contribution in [0.4, 0.5) is 0 Å². The highest BCUT2D eigenvalue weighted by molar-refractivity contribution is 6.13. The average Bonchev–Trinajstić information content (AvgIpc) is 2.60. The van der Waals surface area contributed by atoms with Crippen LogP contribution in [-0.4, -0.2) is 43.1 Å². The fourth-order valence-electron chi connectivity index (χ4n) is 2.37. The molecule has 0 radical (unpaired) electrons. The standard InChI is InChI=1S/C15H10N4O4/c1-22-14(20)11-12(15(21)23-2)18-10-5-3-4-9-17-7-8(6-16)13(11)19(9)10/h3-5,7H,1-2H3. The molecule has 0 aromatic rings. The lowest BCUT2D eigenvalue weighted by atomic mass is 9.99. The third kappa shape index (κ3) is 2.06. The number of hydrogen-bond donors (Lipinski definition) is 0. The van der Waals surface area contributed by atoms with Crippen molar-refractivity contribution < 1.29 is 19.1 Å². The second-order valence-corrected chi connectivity index (χ2v) is 4.53. The van der Waals surface area contributed by atoms with Crippen LogP contribution >= 0.6 is 0 Å². The molecule has 0 atom stereocenters. The van der Waals surface area contributed by atoms with Gasteiger partial charge in [-0.3, -0.25) is 4.90 Å². The maximum absolute atomic E-state index is 12.2. The Morgan fingerprint density at radius 2 is 2.00 bits per heavy atom. The number of aliphatic imine (C=N–C) groups is 2. The van der Waals surface area contributed by atoms with Crippen molar-refractivity contribution in [2.45, 2.75) is 0 Å². The molecule has 3 rings (SSSR count). The summed E-state index contributed by atoms with van der Waals surface area (Å²) in [5, 5.41) is 9.35. The van der Waals surface area contributed by atoms with Crippen LogP contribution in [0.25, 0.3) is 0 Å². The molecule has 8 nitrogen and oxygen atoms in total. The van der Waals surface area contributed by atoms with Crippen molar-refractivity contribution in [1.29, 1.82) is 5.26 Å². The van der Waals surface area contributed by atoms with Crippen LogP contribution in [0, 0.1) is 11.3 Å². The van der Waals surface area contributed by atoms with E-state index < -0.39 is 11.9 Å². The SMILES string of the molecule is COC(=O)C1=C(C(=O)OC)C2=C(C#N)C=NC3=CC=CC(=N1)N32. The molecular formula is C15H10N4O4. The first kappa shape index (κ1) is 14.5. The minimum atomic E-state index is -0.797. The molecule has 0 N–H and O–H groups in total. The Bertz CT molecular complexity index is 849. The quantitative estimate of drug-likeness (QED) is 0.691. The Balaban J connectivity index is 2.37. The lowest BCUT2D eigenvalue weighted by Gasteiger charge is -2.35. The van der Waals surface area contributed by atoms with E-state index in [-0.39, 0.29) is 22.5 Å². The fraction of sp³-hybridized carbons (Fsp3) is 0.133. The van der Waals surface area contributed by atoms with E-state index in [1.807, 2.05) is 6.07 Å². The lowest BCUT2D eigenvalue weighted by molar-refractivity contribution is -0.139. The minimum absolute atomic E-state index is 0.117. The first-order chi connectivity index (χ1) is 11.1. The van der Waals surface area contributed by atoms with Gasteiger partial charge < -0.3 is 9.47 Å². The number of nitrogens with zero attached hydrogens (tertiary/aromatic N) is 4. The summed E-state index contributed by atoms with van der Waals surface area (Å²) in [6.45, 7) is 0. The fourth-order valence-corrected chi connectivity index (χ4v) is 2.37. The van der Waals surface area contributed by atoms with Crippen molar-refractivity contribution in [3.8, 4) is 6.07 Å². The number of methoxy groups -OCH3 is 2. The van der Waals surface area contributed by atoms with Crippen molar-refractivity contribution in [1.82, 2.24) is 4.90 Å². The number of ether oxygens (including phenoxy) is 2. The molecule has 0 saturated heterocycles. The molecule has 0 aromatic heterocycles. The summed E-state index contributed by atoms with van der Waals surface area (Å²) >= 11 is 0. The molecule has 0 amide bonds. The molecule has 23 heavy (non-hydrogen) atoms. The van der Waals surface area contributed by atoms with Crippen LogP contribution in [0.2, 0.25) is 0 Å². The molecule has 3 aliphatic rings. The van der Waals surface area contributed by atoms with Crippen LogP contribution in [0.3, 0.4) is 0 Å². The summed E-state index contributed by atoms with van der Waals surface area (Å²) in [6, 6.07) is 1.97. The zero-order valence-corrected chi connectivity index (χ0v) is 12.2. The summed E-state index contributed by atoms with van der Waals surface area (Å²) in [4.78, 5) is 34.1. The Kier molecular flexibility index (Phi) is 3.38. The number of carbonyl (C=O) groups excluding carboxylic acids is 2. The van der Waals surface area contributed by atoms with Crippen LogP contribution in [-0.2, 0) is 19.1 Å². The van der Waals surface area contributed by atoms with Crippen LogP contribution in [0.5, 0.6) is 0 Å². The summed E-state index contributed by atoms with van der Waals surface area (Å²) in [5.74, 6) is -0.754. The van der Waals surface area contributed by atoms with Crippen molar-refractivity contribution in [2.24, 2.45) is 9.98 Å². The number of amidine groups is 1. The van der Waals surface area contributed by atoms with E-state index in [9.17, 15) is 14.9 Å². The Morgan fingerprint density at radius 3 is 2.65 bits per heavy atom. The van der Waals surface area contributed by atoms with E-state index in [1.165, 1.54) is 25.3 Å². The second-order valence-electron chi connectivity index (χ2n) is 4.53. The number of esters is 2. The van der Waals surface area contributed by atoms with Crippen molar-refractivity contribution in [3.05, 3.63) is 46.6 Å². The van der Waals surface area contributed by atoms with Crippen molar-refractivity contribution in [2.75, 3.05) is 14.2 Å². The normalized spacial score (nSPS) is 18.0. The van der Waals surface area contributed by atoms with Crippen LogP contribution < -0.4 is 0 Å². The predicted octanol–water partition coefficient (Wildman–Crippen LogP) is 0.574. The van der Waals surface area contributed by atoms with Gasteiger partial charge in [0.1, 0.15) is 23.3 Å². The Labute approximate surface area is 131 Å². The summed E-state index contributed by atoms with van der Waals surface area (Å²) < 4.78 is 9.45. The predicted molar refractivity (Wildman–Crippen MR) is 78.7 cm³/mol. The molecule has 0 aliphatic carbocycles. The average molecular weight is 310 g/mol. The maximum atomic E-state index is 12.2. The molecule has 3 heterocycles. The topological polar surface area (TPSA) is 104 Å². The van der Waals surface area contributed by atoms with E-state index in [1.54, 1.807) is 18.2 Å². The van der Waals surface area contributed by atoms with Gasteiger partial charge in [-0.05, 0) is 12.2 Å². The van der Waals surface area contributed by atoms with E-state index in [0.29, 0.717) is 11.7 Å². The summed E-state index contributed by atoms with van der Waals surface area (Å²) in [5.41, 5.74) is -0.0245. The first-order valence-corrected chi connectivity index (χ1v) is 6.49. The first-order valence-electron chi connectivity index (χ1n) is 6.49. The number of nitriles is 1. The van der Waals surface area contributed by atoms with Crippen LogP contribution in [0.1, 0.15) is 0 Å². The Hall–Kier alpha value is -3.47. The van der Waals surface area contributed by atoms with E-state index in [4.69, 9.17) is 9.47 Å². The maximum Gasteiger partial charge on any atom is 0.357 e. The number of carbonyl (C=O) groups is 2. The van der Waals surface area contributed by atoms with Gasteiger partial charge in [-0.25, -0.2) is 19.6 Å². The van der Waals surface area contributed by atoms with Gasteiger partial charge in [-0.2, -0.15) is 5.26 Å². The third-order valence-electron chi connectivity index (χ3n) is 3.34. The van der Waals surface area contributed by atoms with Gasteiger partial charge in [-0.15, -0.1) is 0 Å². The molecule has 114 valence electrons. The number of rotatable bonds is 2. The van der Waals surface area contributed by atoms with Gasteiger partial charge in [-0.1, -0.05) is 6.08 Å². The van der Waals surface area contributed by atoms with Gasteiger partial charge >= 0.3 is 11.9 Å². The van der Waals surface area contributed by atoms with E-state index in [0.717, 1.165) is 0 Å². The molecule has 8 heteroatoms. The second kappa shape index (κ2) is 5.38. The largest absolute Gasteiger partial charge is 0.465 e. The lowest BCUT2D eigenvalue weighted by Crippen LogP contribution is -2.39. The number of allylic oxidation sites excluding steroid dienone is 3. The molecular weight excluding hydrogens is 300 g/mol. The summed E-state index contributed by atoms with van der Waals surface area (Å²) in [6.07, 6.45) is 6.37. The molecule has 3 aliphatic heterocycles. The van der Waals surface area contributed by atoms with E-state index in [2.05, 4.69) is 9.98 Å². The third-order valence-corrected chi connectivity index (χ3v) is 3.34. The Morgan fingerprint density at radius 1 is 1.26 bits per heavy atom. The highest BCUT2D eigenvalue weighted by Gasteiger charge is 2.39. The molecule has 0 fully saturated rings. The minimum Gasteiger partial charge on any atom is -0.465 e. The molecule has 0 aromatic carbocycles. The zero-order valence-electron chi connectivity index (χ0n) is 12.2. The van der Waals surface area contributed by atoms with Crippen LogP contribution in [0.15, 0.2) is 56.6 Å². The number of hydrogen-bond acceptors (Lipinski definition) is 8. The smallest absolute Gasteiger partial charge is 0.357 e. The molecule has 0 spiro atoms. The highest BCUT2D eigenvalue weighted by atomic mass is 16.5. The highest BCUT2D eigenvalue weighted by Crippen LogP contribution is 2.36. The van der Waals surface area contributed by atoms with Crippen molar-refractivity contribution >= 4 is 24.0 Å². The molecule has 0 unspecified atom stereocenters. The van der Waals surface area contributed by atoms with Gasteiger partial charge in [0.15, 0.2) is 5.70 Å². The molecule has 0 bridgehead atoms.